The van der Waals surface area contributed by atoms with Gasteiger partial charge in [0, 0.05) is 16.7 Å². The van der Waals surface area contributed by atoms with Crippen molar-refractivity contribution in [1.29, 1.82) is 0 Å². The number of hydrogen-bond acceptors (Lipinski definition) is 5. The van der Waals surface area contributed by atoms with Gasteiger partial charge in [-0.2, -0.15) is 0 Å². The lowest BCUT2D eigenvalue weighted by Gasteiger charge is -2.04. The SMILES string of the molecule is c1ccc(-c2ncnc(-c3ccc(-c4ccc(-c5cccs5)o4)cc3)n2)cc1. The topological polar surface area (TPSA) is 51.8 Å². The summed E-state index contributed by atoms with van der Waals surface area (Å²) in [6, 6.07) is 26.1. The van der Waals surface area contributed by atoms with E-state index in [0.29, 0.717) is 11.6 Å². The molecule has 0 N–H and O–H groups in total. The minimum atomic E-state index is 0.652. The molecule has 0 bridgehead atoms. The molecule has 0 atom stereocenters. The maximum absolute atomic E-state index is 6.01. The first-order chi connectivity index (χ1) is 13.9. The quantitative estimate of drug-likeness (QED) is 0.372. The molecule has 5 aromatic rings. The van der Waals surface area contributed by atoms with Gasteiger partial charge in [-0.1, -0.05) is 60.7 Å². The predicted molar refractivity (Wildman–Crippen MR) is 112 cm³/mol. The summed E-state index contributed by atoms with van der Waals surface area (Å²) in [5.41, 5.74) is 2.93. The molecule has 134 valence electrons. The molecule has 3 heterocycles. The molecule has 0 spiro atoms. The fourth-order valence-electron chi connectivity index (χ4n) is 2.99. The van der Waals surface area contributed by atoms with Gasteiger partial charge in [-0.25, -0.2) is 15.0 Å². The Balaban J connectivity index is 1.43. The smallest absolute Gasteiger partial charge is 0.163 e. The van der Waals surface area contributed by atoms with Crippen molar-refractivity contribution < 1.29 is 4.42 Å². The van der Waals surface area contributed by atoms with Gasteiger partial charge in [0.1, 0.15) is 17.8 Å². The van der Waals surface area contributed by atoms with Gasteiger partial charge in [0.05, 0.1) is 4.88 Å². The summed E-state index contributed by atoms with van der Waals surface area (Å²) in [6.07, 6.45) is 1.55. The molecule has 3 aromatic heterocycles. The van der Waals surface area contributed by atoms with Crippen molar-refractivity contribution in [2.45, 2.75) is 0 Å². The van der Waals surface area contributed by atoms with Gasteiger partial charge in [0.2, 0.25) is 0 Å². The van der Waals surface area contributed by atoms with Crippen LogP contribution in [0.4, 0.5) is 0 Å². The van der Waals surface area contributed by atoms with Crippen LogP contribution >= 0.6 is 11.3 Å². The van der Waals surface area contributed by atoms with Crippen molar-refractivity contribution in [1.82, 2.24) is 15.0 Å². The Morgan fingerprint density at radius 3 is 2.00 bits per heavy atom. The van der Waals surface area contributed by atoms with E-state index in [2.05, 4.69) is 21.0 Å². The van der Waals surface area contributed by atoms with Gasteiger partial charge in [0.15, 0.2) is 11.6 Å². The van der Waals surface area contributed by atoms with Gasteiger partial charge < -0.3 is 4.42 Å². The number of rotatable bonds is 4. The Morgan fingerprint density at radius 1 is 0.607 bits per heavy atom. The van der Waals surface area contributed by atoms with Gasteiger partial charge in [-0.3, -0.25) is 0 Å². The molecule has 28 heavy (non-hydrogen) atoms. The number of thiophene rings is 1. The normalized spacial score (nSPS) is 10.9. The van der Waals surface area contributed by atoms with Gasteiger partial charge in [-0.15, -0.1) is 11.3 Å². The molecule has 5 heteroatoms. The molecule has 0 saturated heterocycles. The van der Waals surface area contributed by atoms with Crippen LogP contribution in [-0.4, -0.2) is 15.0 Å². The third kappa shape index (κ3) is 3.23. The molecule has 0 saturated carbocycles. The van der Waals surface area contributed by atoms with E-state index in [4.69, 9.17) is 4.42 Å². The Bertz CT molecular complexity index is 1200. The Hall–Kier alpha value is -3.57. The maximum atomic E-state index is 6.01. The van der Waals surface area contributed by atoms with Crippen LogP contribution in [0.3, 0.4) is 0 Å². The van der Waals surface area contributed by atoms with Crippen LogP contribution in [0.25, 0.3) is 44.7 Å². The summed E-state index contributed by atoms with van der Waals surface area (Å²) < 4.78 is 6.01. The number of furan rings is 1. The van der Waals surface area contributed by atoms with Crippen LogP contribution in [0.5, 0.6) is 0 Å². The molecule has 0 amide bonds. The number of aromatic nitrogens is 3. The van der Waals surface area contributed by atoms with E-state index < -0.39 is 0 Å². The summed E-state index contributed by atoms with van der Waals surface area (Å²) in [4.78, 5) is 14.4. The lowest BCUT2D eigenvalue weighted by molar-refractivity contribution is 0.599. The van der Waals surface area contributed by atoms with Crippen LogP contribution < -0.4 is 0 Å². The zero-order chi connectivity index (χ0) is 18.8. The van der Waals surface area contributed by atoms with Crippen LogP contribution in [0.1, 0.15) is 0 Å². The number of hydrogen-bond donors (Lipinski definition) is 0. The average Bonchev–Trinajstić information content (AvgIpc) is 3.47. The fourth-order valence-corrected chi connectivity index (χ4v) is 3.68. The fraction of sp³-hybridized carbons (Fsp3) is 0. The predicted octanol–water partition coefficient (Wildman–Crippen LogP) is 6.19. The van der Waals surface area contributed by atoms with Crippen molar-refractivity contribution in [3.63, 3.8) is 0 Å². The molecule has 0 fully saturated rings. The molecule has 0 unspecified atom stereocenters. The second-order valence-corrected chi connectivity index (χ2v) is 7.16. The minimum Gasteiger partial charge on any atom is -0.455 e. The highest BCUT2D eigenvalue weighted by atomic mass is 32.1. The third-order valence-corrected chi connectivity index (χ3v) is 5.29. The van der Waals surface area contributed by atoms with Crippen molar-refractivity contribution in [3.05, 3.63) is 90.6 Å². The lowest BCUT2D eigenvalue weighted by atomic mass is 10.1. The van der Waals surface area contributed by atoms with E-state index in [1.807, 2.05) is 78.2 Å². The first-order valence-electron chi connectivity index (χ1n) is 8.86. The highest BCUT2D eigenvalue weighted by Crippen LogP contribution is 2.31. The monoisotopic (exact) mass is 381 g/mol. The summed E-state index contributed by atoms with van der Waals surface area (Å²) in [7, 11) is 0. The van der Waals surface area contributed by atoms with Crippen LogP contribution in [-0.2, 0) is 0 Å². The van der Waals surface area contributed by atoms with Crippen molar-refractivity contribution in [3.8, 4) is 44.7 Å². The minimum absolute atomic E-state index is 0.652. The summed E-state index contributed by atoms with van der Waals surface area (Å²) >= 11 is 1.67. The Morgan fingerprint density at radius 2 is 1.29 bits per heavy atom. The zero-order valence-corrected chi connectivity index (χ0v) is 15.6. The molecule has 0 aliphatic rings. The first kappa shape index (κ1) is 16.6. The van der Waals surface area contributed by atoms with E-state index in [1.54, 1.807) is 17.7 Å². The summed E-state index contributed by atoms with van der Waals surface area (Å²) in [6.45, 7) is 0. The van der Waals surface area contributed by atoms with Gasteiger partial charge >= 0.3 is 0 Å². The highest BCUT2D eigenvalue weighted by molar-refractivity contribution is 7.13. The lowest BCUT2D eigenvalue weighted by Crippen LogP contribution is -1.94. The van der Waals surface area contributed by atoms with Gasteiger partial charge in [-0.05, 0) is 23.6 Å². The van der Waals surface area contributed by atoms with Crippen LogP contribution in [0, 0.1) is 0 Å². The van der Waals surface area contributed by atoms with E-state index in [1.165, 1.54) is 0 Å². The molecular formula is C23H15N3OS. The maximum Gasteiger partial charge on any atom is 0.163 e. The molecule has 2 aromatic carbocycles. The molecule has 0 aliphatic heterocycles. The Labute approximate surface area is 166 Å². The highest BCUT2D eigenvalue weighted by Gasteiger charge is 2.09. The number of benzene rings is 2. The van der Waals surface area contributed by atoms with E-state index in [9.17, 15) is 0 Å². The van der Waals surface area contributed by atoms with E-state index >= 15 is 0 Å². The third-order valence-electron chi connectivity index (χ3n) is 4.40. The Kier molecular flexibility index (Phi) is 4.27. The first-order valence-corrected chi connectivity index (χ1v) is 9.74. The number of nitrogens with zero attached hydrogens (tertiary/aromatic N) is 3. The van der Waals surface area contributed by atoms with E-state index in [-0.39, 0.29) is 0 Å². The zero-order valence-electron chi connectivity index (χ0n) is 14.8. The second-order valence-electron chi connectivity index (χ2n) is 6.22. The van der Waals surface area contributed by atoms with Crippen molar-refractivity contribution >= 4 is 11.3 Å². The standard InChI is InChI=1S/C23H15N3OS/c1-2-5-17(6-3-1)22-24-15-25-23(26-22)18-10-8-16(9-11-18)19-12-13-20(27-19)21-7-4-14-28-21/h1-15H. The average molecular weight is 381 g/mol. The molecule has 0 radical (unpaired) electrons. The van der Waals surface area contributed by atoms with E-state index in [0.717, 1.165) is 33.1 Å². The summed E-state index contributed by atoms with van der Waals surface area (Å²) in [5.74, 6) is 3.05. The van der Waals surface area contributed by atoms with Crippen LogP contribution in [0.15, 0.2) is 95.0 Å². The molecule has 0 aliphatic carbocycles. The van der Waals surface area contributed by atoms with Gasteiger partial charge in [0.25, 0.3) is 0 Å². The summed E-state index contributed by atoms with van der Waals surface area (Å²) in [5, 5.41) is 2.05. The molecule has 5 rings (SSSR count). The molecule has 4 nitrogen and oxygen atoms in total. The largest absolute Gasteiger partial charge is 0.455 e. The molecular weight excluding hydrogens is 366 g/mol. The van der Waals surface area contributed by atoms with Crippen molar-refractivity contribution in [2.24, 2.45) is 0 Å². The van der Waals surface area contributed by atoms with Crippen LogP contribution in [0.2, 0.25) is 0 Å². The van der Waals surface area contributed by atoms with Crippen molar-refractivity contribution in [2.75, 3.05) is 0 Å². The second kappa shape index (κ2) is 7.21.